The predicted molar refractivity (Wildman–Crippen MR) is 99.7 cm³/mol. The topological polar surface area (TPSA) is 35.6 Å². The van der Waals surface area contributed by atoms with Crippen molar-refractivity contribution in [2.75, 3.05) is 36.4 Å². The van der Waals surface area contributed by atoms with Crippen molar-refractivity contribution in [1.82, 2.24) is 4.90 Å². The lowest BCUT2D eigenvalue weighted by Gasteiger charge is -2.38. The molecular weight excluding hydrogens is 360 g/mol. The molecule has 3 rings (SSSR count). The molecule has 4 nitrogen and oxygen atoms in total. The van der Waals surface area contributed by atoms with Gasteiger partial charge in [0.05, 0.1) is 22.4 Å². The maximum Gasteiger partial charge on any atom is 0.241 e. The first-order valence-corrected chi connectivity index (χ1v) is 8.83. The van der Waals surface area contributed by atoms with Crippen LogP contribution in [0.5, 0.6) is 0 Å². The second kappa shape index (κ2) is 8.01. The zero-order chi connectivity index (χ0) is 18.7. The van der Waals surface area contributed by atoms with Crippen molar-refractivity contribution in [3.05, 3.63) is 59.1 Å². The number of carbonyl (C=O) groups is 1. The van der Waals surface area contributed by atoms with Gasteiger partial charge in [0, 0.05) is 32.2 Å². The Morgan fingerprint density at radius 1 is 1.12 bits per heavy atom. The number of hydrogen-bond acceptors (Lipinski definition) is 3. The van der Waals surface area contributed by atoms with E-state index in [2.05, 4.69) is 10.2 Å². The van der Waals surface area contributed by atoms with E-state index in [9.17, 15) is 13.6 Å². The molecular formula is C19H20ClF2N3O. The Labute approximate surface area is 156 Å². The number of benzene rings is 2. The first kappa shape index (κ1) is 18.6. The van der Waals surface area contributed by atoms with Gasteiger partial charge in [0.2, 0.25) is 5.91 Å². The van der Waals surface area contributed by atoms with E-state index >= 15 is 0 Å². The molecule has 1 aliphatic rings. The minimum absolute atomic E-state index is 0.142. The number of rotatable bonds is 4. The standard InChI is InChI=1S/C19H20ClF2N3O/c1-13(19(26)23-17-12-14(21)6-7-16(17)22)24-8-10-25(11-9-24)18-5-3-2-4-15(18)20/h2-7,12-13H,8-11H2,1H3,(H,23,26)/t13-/m0/s1. The highest BCUT2D eigenvalue weighted by atomic mass is 35.5. The van der Waals surface area contributed by atoms with Crippen LogP contribution in [-0.2, 0) is 4.79 Å². The van der Waals surface area contributed by atoms with Crippen LogP contribution in [0, 0.1) is 11.6 Å². The van der Waals surface area contributed by atoms with Gasteiger partial charge in [-0.05, 0) is 31.2 Å². The zero-order valence-electron chi connectivity index (χ0n) is 14.4. The average Bonchev–Trinajstić information content (AvgIpc) is 2.64. The molecule has 26 heavy (non-hydrogen) atoms. The highest BCUT2D eigenvalue weighted by Gasteiger charge is 2.26. The SMILES string of the molecule is C[C@@H](C(=O)Nc1cc(F)ccc1F)N1CCN(c2ccccc2Cl)CC1. The lowest BCUT2D eigenvalue weighted by Crippen LogP contribution is -2.53. The molecule has 0 aliphatic carbocycles. The van der Waals surface area contributed by atoms with Gasteiger partial charge in [-0.15, -0.1) is 0 Å². The van der Waals surface area contributed by atoms with Crippen LogP contribution in [0.25, 0.3) is 0 Å². The molecule has 0 radical (unpaired) electrons. The van der Waals surface area contributed by atoms with E-state index in [4.69, 9.17) is 11.6 Å². The number of halogens is 3. The molecule has 0 saturated carbocycles. The van der Waals surface area contributed by atoms with E-state index < -0.39 is 17.7 Å². The summed E-state index contributed by atoms with van der Waals surface area (Å²) in [4.78, 5) is 16.6. The van der Waals surface area contributed by atoms with Gasteiger partial charge >= 0.3 is 0 Å². The van der Waals surface area contributed by atoms with Gasteiger partial charge in [0.1, 0.15) is 11.6 Å². The minimum atomic E-state index is -0.657. The number of piperazine rings is 1. The second-order valence-corrected chi connectivity index (χ2v) is 6.67. The quantitative estimate of drug-likeness (QED) is 0.878. The fourth-order valence-corrected chi connectivity index (χ4v) is 3.31. The van der Waals surface area contributed by atoms with Crippen LogP contribution in [0.3, 0.4) is 0 Å². The number of nitrogens with zero attached hydrogens (tertiary/aromatic N) is 2. The number of amides is 1. The van der Waals surface area contributed by atoms with Crippen LogP contribution in [0.2, 0.25) is 5.02 Å². The largest absolute Gasteiger partial charge is 0.368 e. The van der Waals surface area contributed by atoms with E-state index in [1.54, 1.807) is 6.92 Å². The van der Waals surface area contributed by atoms with E-state index in [0.717, 1.165) is 37.0 Å². The summed E-state index contributed by atoms with van der Waals surface area (Å²) in [5.41, 5.74) is 0.837. The smallest absolute Gasteiger partial charge is 0.241 e. The maximum absolute atomic E-state index is 13.7. The van der Waals surface area contributed by atoms with Crippen LogP contribution < -0.4 is 10.2 Å². The van der Waals surface area contributed by atoms with Crippen molar-refractivity contribution in [2.24, 2.45) is 0 Å². The Balaban J connectivity index is 1.59. The number of hydrogen-bond donors (Lipinski definition) is 1. The van der Waals surface area contributed by atoms with Crippen molar-refractivity contribution in [3.8, 4) is 0 Å². The van der Waals surface area contributed by atoms with E-state index in [1.165, 1.54) is 0 Å². The molecule has 1 amide bonds. The molecule has 1 aliphatic heterocycles. The summed E-state index contributed by atoms with van der Waals surface area (Å²) >= 11 is 6.24. The maximum atomic E-state index is 13.7. The number of nitrogens with one attached hydrogen (secondary N) is 1. The third-order valence-corrected chi connectivity index (χ3v) is 4.94. The van der Waals surface area contributed by atoms with Crippen LogP contribution in [0.15, 0.2) is 42.5 Å². The van der Waals surface area contributed by atoms with Gasteiger partial charge in [-0.3, -0.25) is 9.69 Å². The highest BCUT2D eigenvalue weighted by Crippen LogP contribution is 2.26. The van der Waals surface area contributed by atoms with Crippen LogP contribution in [0.1, 0.15) is 6.92 Å². The average molecular weight is 380 g/mol. The van der Waals surface area contributed by atoms with Crippen molar-refractivity contribution in [1.29, 1.82) is 0 Å². The number of carbonyl (C=O) groups excluding carboxylic acids is 1. The highest BCUT2D eigenvalue weighted by molar-refractivity contribution is 6.33. The Hall–Kier alpha value is -2.18. The van der Waals surface area contributed by atoms with Gasteiger partial charge in [-0.2, -0.15) is 0 Å². The molecule has 1 atom stereocenters. The molecule has 2 aromatic rings. The monoisotopic (exact) mass is 379 g/mol. The normalized spacial score (nSPS) is 16.4. The molecule has 0 unspecified atom stereocenters. The third kappa shape index (κ3) is 4.14. The van der Waals surface area contributed by atoms with Crippen molar-refractivity contribution in [3.63, 3.8) is 0 Å². The summed E-state index contributed by atoms with van der Waals surface area (Å²) in [6.07, 6.45) is 0. The summed E-state index contributed by atoms with van der Waals surface area (Å²) < 4.78 is 26.9. The Bertz CT molecular complexity index is 794. The van der Waals surface area contributed by atoms with Crippen LogP contribution in [0.4, 0.5) is 20.2 Å². The Morgan fingerprint density at radius 3 is 2.50 bits per heavy atom. The summed E-state index contributed by atoms with van der Waals surface area (Å²) in [5.74, 6) is -1.61. The minimum Gasteiger partial charge on any atom is -0.368 e. The molecule has 7 heteroatoms. The van der Waals surface area contributed by atoms with Crippen molar-refractivity contribution in [2.45, 2.75) is 13.0 Å². The first-order valence-electron chi connectivity index (χ1n) is 8.45. The predicted octanol–water partition coefficient (Wildman–Crippen LogP) is 3.77. The van der Waals surface area contributed by atoms with E-state index in [1.807, 2.05) is 29.2 Å². The first-order chi connectivity index (χ1) is 12.5. The lowest BCUT2D eigenvalue weighted by atomic mass is 10.2. The summed E-state index contributed by atoms with van der Waals surface area (Å²) in [5, 5.41) is 3.17. The van der Waals surface area contributed by atoms with E-state index in [0.29, 0.717) is 18.1 Å². The molecule has 1 fully saturated rings. The third-order valence-electron chi connectivity index (χ3n) is 4.62. The zero-order valence-corrected chi connectivity index (χ0v) is 15.1. The van der Waals surface area contributed by atoms with Gasteiger partial charge in [-0.1, -0.05) is 23.7 Å². The summed E-state index contributed by atoms with van der Waals surface area (Å²) in [6, 6.07) is 10.2. The van der Waals surface area contributed by atoms with Gasteiger partial charge in [0.15, 0.2) is 0 Å². The van der Waals surface area contributed by atoms with Crippen LogP contribution in [-0.4, -0.2) is 43.0 Å². The van der Waals surface area contributed by atoms with Gasteiger partial charge in [0.25, 0.3) is 0 Å². The second-order valence-electron chi connectivity index (χ2n) is 6.26. The molecule has 0 spiro atoms. The van der Waals surface area contributed by atoms with E-state index in [-0.39, 0.29) is 11.6 Å². The molecule has 1 heterocycles. The summed E-state index contributed by atoms with van der Waals surface area (Å²) in [6.45, 7) is 4.57. The number of anilines is 2. The van der Waals surface area contributed by atoms with Crippen LogP contribution >= 0.6 is 11.6 Å². The summed E-state index contributed by atoms with van der Waals surface area (Å²) in [7, 11) is 0. The fourth-order valence-electron chi connectivity index (χ4n) is 3.05. The van der Waals surface area contributed by atoms with Gasteiger partial charge in [-0.25, -0.2) is 8.78 Å². The Morgan fingerprint density at radius 2 is 1.81 bits per heavy atom. The molecule has 2 aromatic carbocycles. The molecule has 1 N–H and O–H groups in total. The van der Waals surface area contributed by atoms with Gasteiger partial charge < -0.3 is 10.2 Å². The molecule has 0 aromatic heterocycles. The number of para-hydroxylation sites is 1. The molecule has 0 bridgehead atoms. The van der Waals surface area contributed by atoms with Crippen molar-refractivity contribution < 1.29 is 13.6 Å². The lowest BCUT2D eigenvalue weighted by molar-refractivity contribution is -0.120. The Kier molecular flexibility index (Phi) is 5.74. The molecule has 1 saturated heterocycles. The fraction of sp³-hybridized carbons (Fsp3) is 0.316. The molecule has 138 valence electrons. The van der Waals surface area contributed by atoms with Crippen molar-refractivity contribution >= 4 is 28.9 Å².